The van der Waals surface area contributed by atoms with E-state index in [4.69, 9.17) is 9.47 Å². The molecular weight excluding hydrogens is 214 g/mol. The van der Waals surface area contributed by atoms with Gasteiger partial charge < -0.3 is 9.47 Å². The van der Waals surface area contributed by atoms with Crippen molar-refractivity contribution in [1.82, 2.24) is 0 Å². The molecule has 2 nitrogen and oxygen atoms in total. The van der Waals surface area contributed by atoms with Crippen molar-refractivity contribution in [1.29, 1.82) is 0 Å². The third kappa shape index (κ3) is 2.23. The van der Waals surface area contributed by atoms with E-state index in [0.29, 0.717) is 25.0 Å². The number of hydrogen-bond acceptors (Lipinski definition) is 2. The summed E-state index contributed by atoms with van der Waals surface area (Å²) >= 11 is 0. The van der Waals surface area contributed by atoms with Crippen LogP contribution in [0.3, 0.4) is 0 Å². The van der Waals surface area contributed by atoms with Gasteiger partial charge in [-0.05, 0) is 11.8 Å². The molecule has 0 bridgehead atoms. The first-order valence-corrected chi connectivity index (χ1v) is 5.82. The van der Waals surface area contributed by atoms with E-state index >= 15 is 0 Å². The predicted octanol–water partition coefficient (Wildman–Crippen LogP) is 2.97. The smallest absolute Gasteiger partial charge is 0.226 e. The molecule has 0 N–H and O–H groups in total. The van der Waals surface area contributed by atoms with Gasteiger partial charge in [0.25, 0.3) is 0 Å². The van der Waals surface area contributed by atoms with Gasteiger partial charge in [-0.2, -0.15) is 0 Å². The van der Waals surface area contributed by atoms with E-state index in [1.807, 2.05) is 0 Å². The number of alkyl halides is 2. The summed E-state index contributed by atoms with van der Waals surface area (Å²) in [5, 5.41) is 0. The summed E-state index contributed by atoms with van der Waals surface area (Å²) in [6.45, 7) is 7.20. The molecule has 0 atom stereocenters. The molecule has 0 aromatic carbocycles. The van der Waals surface area contributed by atoms with Crippen LogP contribution in [0.25, 0.3) is 0 Å². The molecule has 1 heterocycles. The van der Waals surface area contributed by atoms with Gasteiger partial charge in [-0.25, -0.2) is 8.78 Å². The molecule has 1 aliphatic heterocycles. The minimum atomic E-state index is -1.65. The first-order valence-electron chi connectivity index (χ1n) is 5.82. The molecule has 1 rings (SSSR count). The van der Waals surface area contributed by atoms with E-state index in [1.54, 1.807) is 0 Å². The van der Waals surface area contributed by atoms with Crippen molar-refractivity contribution >= 4 is 0 Å². The average molecular weight is 236 g/mol. The van der Waals surface area contributed by atoms with Gasteiger partial charge in [-0.3, -0.25) is 0 Å². The molecule has 0 amide bonds. The fourth-order valence-corrected chi connectivity index (χ4v) is 2.14. The van der Waals surface area contributed by atoms with Gasteiger partial charge in [0.15, 0.2) is 0 Å². The van der Waals surface area contributed by atoms with Crippen LogP contribution in [0, 0.1) is 17.3 Å². The van der Waals surface area contributed by atoms with Gasteiger partial charge in [0.2, 0.25) is 5.79 Å². The molecule has 1 fully saturated rings. The molecule has 0 unspecified atom stereocenters. The van der Waals surface area contributed by atoms with Crippen molar-refractivity contribution in [2.24, 2.45) is 17.3 Å². The van der Waals surface area contributed by atoms with Gasteiger partial charge in [0.05, 0.1) is 13.2 Å². The van der Waals surface area contributed by atoms with E-state index in [0.717, 1.165) is 0 Å². The van der Waals surface area contributed by atoms with Crippen LogP contribution < -0.4 is 0 Å². The zero-order valence-corrected chi connectivity index (χ0v) is 10.6. The Morgan fingerprint density at radius 1 is 0.938 bits per heavy atom. The van der Waals surface area contributed by atoms with Crippen LogP contribution in [-0.4, -0.2) is 32.4 Å². The van der Waals surface area contributed by atoms with Crippen LogP contribution >= 0.6 is 0 Å². The summed E-state index contributed by atoms with van der Waals surface area (Å²) in [6.07, 6.45) is 0. The van der Waals surface area contributed by atoms with Crippen LogP contribution in [0.15, 0.2) is 0 Å². The second-order valence-electron chi connectivity index (χ2n) is 5.30. The SMILES string of the molecule is CC(C)C1(C(C)C)COC(CF)(CF)OC1. The normalized spacial score (nSPS) is 24.0. The van der Waals surface area contributed by atoms with E-state index in [-0.39, 0.29) is 5.41 Å². The highest BCUT2D eigenvalue weighted by Crippen LogP contribution is 2.42. The minimum Gasteiger partial charge on any atom is -0.345 e. The standard InChI is InChI=1S/C12H22F2O2/c1-9(2)11(10(3)4)7-15-12(5-13,6-14)16-8-11/h9-10H,5-8H2,1-4H3. The molecule has 4 heteroatoms. The van der Waals surface area contributed by atoms with Crippen LogP contribution in [0.2, 0.25) is 0 Å². The van der Waals surface area contributed by atoms with Crippen LogP contribution in [0.4, 0.5) is 8.78 Å². The summed E-state index contributed by atoms with van der Waals surface area (Å²) in [7, 11) is 0. The predicted molar refractivity (Wildman–Crippen MR) is 58.7 cm³/mol. The molecular formula is C12H22F2O2. The molecule has 0 saturated carbocycles. The molecule has 0 aromatic heterocycles. The quantitative estimate of drug-likeness (QED) is 0.747. The molecule has 0 aliphatic carbocycles. The second-order valence-corrected chi connectivity index (χ2v) is 5.30. The Kier molecular flexibility index (Phi) is 4.29. The van der Waals surface area contributed by atoms with Gasteiger partial charge >= 0.3 is 0 Å². The Hall–Kier alpha value is -0.220. The summed E-state index contributed by atoms with van der Waals surface area (Å²) < 4.78 is 36.1. The van der Waals surface area contributed by atoms with Gasteiger partial charge in [0.1, 0.15) is 13.3 Å². The van der Waals surface area contributed by atoms with Crippen LogP contribution in [0.5, 0.6) is 0 Å². The Balaban J connectivity index is 2.77. The van der Waals surface area contributed by atoms with Gasteiger partial charge in [0, 0.05) is 5.41 Å². The molecule has 96 valence electrons. The highest BCUT2D eigenvalue weighted by molar-refractivity contribution is 4.90. The second kappa shape index (κ2) is 4.96. The molecule has 1 saturated heterocycles. The zero-order valence-electron chi connectivity index (χ0n) is 10.6. The monoisotopic (exact) mass is 236 g/mol. The van der Waals surface area contributed by atoms with Crippen molar-refractivity contribution in [3.05, 3.63) is 0 Å². The fraction of sp³-hybridized carbons (Fsp3) is 1.00. The topological polar surface area (TPSA) is 18.5 Å². The van der Waals surface area contributed by atoms with Crippen LogP contribution in [-0.2, 0) is 9.47 Å². The van der Waals surface area contributed by atoms with E-state index in [9.17, 15) is 8.78 Å². The molecule has 0 spiro atoms. The van der Waals surface area contributed by atoms with Gasteiger partial charge in [-0.15, -0.1) is 0 Å². The number of hydrogen-bond donors (Lipinski definition) is 0. The van der Waals surface area contributed by atoms with E-state index < -0.39 is 19.1 Å². The van der Waals surface area contributed by atoms with Crippen molar-refractivity contribution < 1.29 is 18.3 Å². The first kappa shape index (κ1) is 13.8. The van der Waals surface area contributed by atoms with Crippen molar-refractivity contribution in [2.75, 3.05) is 26.6 Å². The van der Waals surface area contributed by atoms with Crippen molar-refractivity contribution in [3.63, 3.8) is 0 Å². The Bertz CT molecular complexity index is 205. The molecule has 1 aliphatic rings. The third-order valence-electron chi connectivity index (χ3n) is 3.91. The highest BCUT2D eigenvalue weighted by atomic mass is 19.1. The lowest BCUT2D eigenvalue weighted by Gasteiger charge is -2.48. The lowest BCUT2D eigenvalue weighted by Crippen LogP contribution is -2.56. The van der Waals surface area contributed by atoms with E-state index in [2.05, 4.69) is 27.7 Å². The highest BCUT2D eigenvalue weighted by Gasteiger charge is 2.48. The van der Waals surface area contributed by atoms with Crippen LogP contribution in [0.1, 0.15) is 27.7 Å². The number of halogens is 2. The number of rotatable bonds is 4. The largest absolute Gasteiger partial charge is 0.345 e. The lowest BCUT2D eigenvalue weighted by atomic mass is 9.69. The summed E-state index contributed by atoms with van der Waals surface area (Å²) in [4.78, 5) is 0. The molecule has 0 radical (unpaired) electrons. The molecule has 16 heavy (non-hydrogen) atoms. The number of ether oxygens (including phenoxy) is 2. The lowest BCUT2D eigenvalue weighted by molar-refractivity contribution is -0.325. The average Bonchev–Trinajstić information content (AvgIpc) is 2.28. The first-order chi connectivity index (χ1) is 7.42. The maximum atomic E-state index is 12.7. The summed E-state index contributed by atoms with van der Waals surface area (Å²) in [5.41, 5.74) is -0.145. The Morgan fingerprint density at radius 2 is 1.31 bits per heavy atom. The fourth-order valence-electron chi connectivity index (χ4n) is 2.14. The maximum Gasteiger partial charge on any atom is 0.226 e. The maximum absolute atomic E-state index is 12.7. The third-order valence-corrected chi connectivity index (χ3v) is 3.91. The van der Waals surface area contributed by atoms with E-state index in [1.165, 1.54) is 0 Å². The van der Waals surface area contributed by atoms with Gasteiger partial charge in [-0.1, -0.05) is 27.7 Å². The Morgan fingerprint density at radius 3 is 1.56 bits per heavy atom. The molecule has 0 aromatic rings. The minimum absolute atomic E-state index is 0.145. The van der Waals surface area contributed by atoms with Crippen molar-refractivity contribution in [2.45, 2.75) is 33.5 Å². The van der Waals surface area contributed by atoms with Crippen molar-refractivity contribution in [3.8, 4) is 0 Å². The zero-order chi connectivity index (χ0) is 12.4. The summed E-state index contributed by atoms with van der Waals surface area (Å²) in [5.74, 6) is -0.942. The Labute approximate surface area is 96.3 Å². The summed E-state index contributed by atoms with van der Waals surface area (Å²) in [6, 6.07) is 0.